The summed E-state index contributed by atoms with van der Waals surface area (Å²) in [5, 5.41) is 6.01. The van der Waals surface area contributed by atoms with Crippen molar-refractivity contribution in [1.82, 2.24) is 21.5 Å². The predicted octanol–water partition coefficient (Wildman–Crippen LogP) is 2.51. The third-order valence-electron chi connectivity index (χ3n) is 7.10. The van der Waals surface area contributed by atoms with Gasteiger partial charge in [-0.3, -0.25) is 20.4 Å². The minimum Gasteiger partial charge on any atom is -0.493 e. The van der Waals surface area contributed by atoms with E-state index in [2.05, 4.69) is 21.5 Å². The maximum Gasteiger partial charge on any atom is 0.315 e. The molecule has 0 aromatic heterocycles. The Bertz CT molecular complexity index is 868. The highest BCUT2D eigenvalue weighted by molar-refractivity contribution is 5.96. The molecule has 180 valence electrons. The van der Waals surface area contributed by atoms with Crippen molar-refractivity contribution in [2.24, 2.45) is 17.8 Å². The lowest BCUT2D eigenvalue weighted by Crippen LogP contribution is -2.61. The van der Waals surface area contributed by atoms with Crippen LogP contribution in [0.5, 0.6) is 11.5 Å². The summed E-state index contributed by atoms with van der Waals surface area (Å²) in [5.41, 5.74) is 5.02. The molecule has 0 unspecified atom stereocenters. The van der Waals surface area contributed by atoms with Crippen molar-refractivity contribution in [2.45, 2.75) is 57.4 Å². The summed E-state index contributed by atoms with van der Waals surface area (Å²) in [7, 11) is 1.49. The van der Waals surface area contributed by atoms with Gasteiger partial charge in [-0.15, -0.1) is 0 Å². The lowest BCUT2D eigenvalue weighted by Gasteiger charge is -2.56. The van der Waals surface area contributed by atoms with Crippen molar-refractivity contribution >= 4 is 17.8 Å². The first-order chi connectivity index (χ1) is 15.9. The van der Waals surface area contributed by atoms with E-state index in [-0.39, 0.29) is 24.5 Å². The first-order valence-electron chi connectivity index (χ1n) is 11.9. The SMILES string of the molecule is CCOc1ccc(C(=O)NNC(=O)CCNC(=O)NC23CC4CC(CC(C4)C2)C3)cc1OC. The summed E-state index contributed by atoms with van der Waals surface area (Å²) in [6, 6.07) is 4.56. The van der Waals surface area contributed by atoms with Gasteiger partial charge in [-0.2, -0.15) is 0 Å². The number of ether oxygens (including phenoxy) is 2. The van der Waals surface area contributed by atoms with Crippen LogP contribution < -0.4 is 31.0 Å². The van der Waals surface area contributed by atoms with E-state index < -0.39 is 11.8 Å². The van der Waals surface area contributed by atoms with Crippen LogP contribution in [-0.4, -0.2) is 43.6 Å². The third-order valence-corrected chi connectivity index (χ3v) is 7.10. The van der Waals surface area contributed by atoms with E-state index in [1.54, 1.807) is 18.2 Å². The second-order valence-electron chi connectivity index (χ2n) is 9.63. The van der Waals surface area contributed by atoms with Crippen molar-refractivity contribution in [3.63, 3.8) is 0 Å². The second kappa shape index (κ2) is 9.89. The number of methoxy groups -OCH3 is 1. The minimum absolute atomic E-state index is 0.0567. The molecule has 0 aliphatic heterocycles. The lowest BCUT2D eigenvalue weighted by atomic mass is 9.53. The van der Waals surface area contributed by atoms with Gasteiger partial charge in [0.05, 0.1) is 13.7 Å². The zero-order chi connectivity index (χ0) is 23.4. The molecule has 1 aromatic carbocycles. The zero-order valence-electron chi connectivity index (χ0n) is 19.4. The topological polar surface area (TPSA) is 118 Å². The summed E-state index contributed by atoms with van der Waals surface area (Å²) in [6.07, 6.45) is 7.24. The molecule has 9 heteroatoms. The molecule has 5 rings (SSSR count). The van der Waals surface area contributed by atoms with Crippen LogP contribution in [0.3, 0.4) is 0 Å². The van der Waals surface area contributed by atoms with Gasteiger partial charge in [0.2, 0.25) is 5.91 Å². The monoisotopic (exact) mass is 458 g/mol. The fraction of sp³-hybridized carbons (Fsp3) is 0.625. The molecule has 4 saturated carbocycles. The number of carbonyl (C=O) groups is 3. The van der Waals surface area contributed by atoms with E-state index in [4.69, 9.17) is 9.47 Å². The molecular formula is C24H34N4O5. The van der Waals surface area contributed by atoms with Crippen LogP contribution in [0.4, 0.5) is 4.79 Å². The molecular weight excluding hydrogens is 424 g/mol. The number of hydrazine groups is 1. The average Bonchev–Trinajstić information content (AvgIpc) is 2.76. The Kier molecular flexibility index (Phi) is 6.95. The summed E-state index contributed by atoms with van der Waals surface area (Å²) in [5.74, 6) is 2.36. The smallest absolute Gasteiger partial charge is 0.315 e. The standard InChI is InChI=1S/C24H34N4O5/c1-3-33-19-5-4-18(11-20(19)32-2)22(30)28-27-21(29)6-7-25-23(31)26-24-12-15-8-16(13-24)10-17(9-15)14-24/h4-5,11,15-17H,3,6-10,12-14H2,1-2H3,(H,27,29)(H,28,30)(H2,25,26,31). The number of carbonyl (C=O) groups excluding carboxylic acids is 3. The molecule has 4 amide bonds. The summed E-state index contributed by atoms with van der Waals surface area (Å²) in [4.78, 5) is 36.9. The van der Waals surface area contributed by atoms with Gasteiger partial charge in [0.1, 0.15) is 0 Å². The number of hydrogen-bond donors (Lipinski definition) is 4. The molecule has 0 atom stereocenters. The number of urea groups is 1. The third kappa shape index (κ3) is 5.51. The maximum absolute atomic E-state index is 12.4. The summed E-state index contributed by atoms with van der Waals surface area (Å²) < 4.78 is 10.7. The van der Waals surface area contributed by atoms with Gasteiger partial charge in [-0.25, -0.2) is 4.79 Å². The highest BCUT2D eigenvalue weighted by Gasteiger charge is 2.51. The zero-order valence-corrected chi connectivity index (χ0v) is 19.4. The molecule has 0 radical (unpaired) electrons. The molecule has 4 aliphatic carbocycles. The Labute approximate surface area is 194 Å². The van der Waals surface area contributed by atoms with Crippen molar-refractivity contribution in [1.29, 1.82) is 0 Å². The van der Waals surface area contributed by atoms with E-state index in [0.717, 1.165) is 37.0 Å². The van der Waals surface area contributed by atoms with Crippen LogP contribution in [0.1, 0.15) is 62.2 Å². The number of amides is 4. The van der Waals surface area contributed by atoms with E-state index in [1.165, 1.54) is 26.4 Å². The fourth-order valence-electron chi connectivity index (χ4n) is 6.18. The van der Waals surface area contributed by atoms with Gasteiger partial charge >= 0.3 is 6.03 Å². The lowest BCUT2D eigenvalue weighted by molar-refractivity contribution is -0.121. The molecule has 0 heterocycles. The Hall–Kier alpha value is -2.97. The van der Waals surface area contributed by atoms with Crippen molar-refractivity contribution in [2.75, 3.05) is 20.3 Å². The van der Waals surface area contributed by atoms with Gasteiger partial charge in [0, 0.05) is 24.1 Å². The Morgan fingerprint density at radius 3 is 2.27 bits per heavy atom. The number of nitrogens with one attached hydrogen (secondary N) is 4. The first-order valence-corrected chi connectivity index (χ1v) is 11.9. The molecule has 33 heavy (non-hydrogen) atoms. The molecule has 4 fully saturated rings. The second-order valence-corrected chi connectivity index (χ2v) is 9.63. The van der Waals surface area contributed by atoms with Gasteiger partial charge < -0.3 is 20.1 Å². The van der Waals surface area contributed by atoms with E-state index >= 15 is 0 Å². The van der Waals surface area contributed by atoms with Crippen molar-refractivity contribution < 1.29 is 23.9 Å². The largest absolute Gasteiger partial charge is 0.493 e. The van der Waals surface area contributed by atoms with E-state index in [1.807, 2.05) is 6.92 Å². The quantitative estimate of drug-likeness (QED) is 0.447. The fourth-order valence-corrected chi connectivity index (χ4v) is 6.18. The highest BCUT2D eigenvalue weighted by Crippen LogP contribution is 2.55. The number of rotatable bonds is 8. The normalized spacial score (nSPS) is 26.9. The van der Waals surface area contributed by atoms with Gasteiger partial charge in [0.15, 0.2) is 11.5 Å². The van der Waals surface area contributed by atoms with Gasteiger partial charge in [-0.05, 0) is 81.4 Å². The van der Waals surface area contributed by atoms with Gasteiger partial charge in [0.25, 0.3) is 5.91 Å². The molecule has 1 aromatic rings. The van der Waals surface area contributed by atoms with Gasteiger partial charge in [-0.1, -0.05) is 0 Å². The summed E-state index contributed by atoms with van der Waals surface area (Å²) >= 11 is 0. The average molecular weight is 459 g/mol. The van der Waals surface area contributed by atoms with Crippen LogP contribution in [0.2, 0.25) is 0 Å². The maximum atomic E-state index is 12.4. The Balaban J connectivity index is 1.17. The summed E-state index contributed by atoms with van der Waals surface area (Å²) in [6.45, 7) is 2.53. The van der Waals surface area contributed by atoms with E-state index in [0.29, 0.717) is 23.7 Å². The van der Waals surface area contributed by atoms with Crippen LogP contribution in [0, 0.1) is 17.8 Å². The molecule has 0 saturated heterocycles. The van der Waals surface area contributed by atoms with E-state index in [9.17, 15) is 14.4 Å². The molecule has 4 aliphatic rings. The minimum atomic E-state index is -0.475. The van der Waals surface area contributed by atoms with Crippen LogP contribution in [0.15, 0.2) is 18.2 Å². The molecule has 9 nitrogen and oxygen atoms in total. The van der Waals surface area contributed by atoms with Crippen LogP contribution in [-0.2, 0) is 4.79 Å². The number of hydrogen-bond acceptors (Lipinski definition) is 5. The molecule has 4 N–H and O–H groups in total. The van der Waals surface area contributed by atoms with Crippen molar-refractivity contribution in [3.8, 4) is 11.5 Å². The molecule has 0 spiro atoms. The predicted molar refractivity (Wildman–Crippen MR) is 122 cm³/mol. The Morgan fingerprint density at radius 2 is 1.67 bits per heavy atom. The Morgan fingerprint density at radius 1 is 1.00 bits per heavy atom. The first kappa shape index (κ1) is 23.2. The number of benzene rings is 1. The van der Waals surface area contributed by atoms with Crippen LogP contribution >= 0.6 is 0 Å². The highest BCUT2D eigenvalue weighted by atomic mass is 16.5. The molecule has 4 bridgehead atoms. The van der Waals surface area contributed by atoms with Crippen LogP contribution in [0.25, 0.3) is 0 Å². The van der Waals surface area contributed by atoms with Crippen molar-refractivity contribution in [3.05, 3.63) is 23.8 Å².